The number of ketones is 1. The quantitative estimate of drug-likeness (QED) is 0.777. The largest absolute Gasteiger partial charge is 0.361 e. The summed E-state index contributed by atoms with van der Waals surface area (Å²) in [5.74, 6) is -0.197. The number of rotatable bonds is 2. The topological polar surface area (TPSA) is 32.9 Å². The number of H-pyrrole nitrogens is 1. The number of nitrogens with one attached hydrogen (secondary N) is 1. The van der Waals surface area contributed by atoms with Gasteiger partial charge in [-0.15, -0.1) is 0 Å². The molecule has 0 aliphatic rings. The number of carbonyl (C=O) groups excluding carboxylic acids is 1. The summed E-state index contributed by atoms with van der Waals surface area (Å²) in [6, 6.07) is 4.52. The molecule has 2 aromatic rings. The Hall–Kier alpha value is -1.64. The Kier molecular flexibility index (Phi) is 2.08. The van der Waals surface area contributed by atoms with Crippen molar-refractivity contribution in [3.63, 3.8) is 0 Å². The molecule has 0 unspecified atom stereocenters. The summed E-state index contributed by atoms with van der Waals surface area (Å²) in [6.45, 7) is 1.53. The van der Waals surface area contributed by atoms with Gasteiger partial charge < -0.3 is 4.98 Å². The van der Waals surface area contributed by atoms with Gasteiger partial charge in [-0.25, -0.2) is 4.39 Å². The van der Waals surface area contributed by atoms with Gasteiger partial charge in [-0.05, 0) is 30.7 Å². The highest BCUT2D eigenvalue weighted by molar-refractivity contribution is 5.88. The molecule has 0 atom stereocenters. The van der Waals surface area contributed by atoms with Gasteiger partial charge in [0.1, 0.15) is 11.6 Å². The summed E-state index contributed by atoms with van der Waals surface area (Å²) in [5.41, 5.74) is 1.72. The highest BCUT2D eigenvalue weighted by Crippen LogP contribution is 2.19. The van der Waals surface area contributed by atoms with Gasteiger partial charge in [-0.2, -0.15) is 0 Å². The number of fused-ring (bicyclic) bond motifs is 1. The maximum Gasteiger partial charge on any atom is 0.134 e. The molecule has 3 heteroatoms. The first-order valence-corrected chi connectivity index (χ1v) is 4.42. The predicted molar refractivity (Wildman–Crippen MR) is 52.6 cm³/mol. The molecule has 14 heavy (non-hydrogen) atoms. The fraction of sp³-hybridized carbons (Fsp3) is 0.182. The van der Waals surface area contributed by atoms with Crippen LogP contribution >= 0.6 is 0 Å². The van der Waals surface area contributed by atoms with E-state index in [0.29, 0.717) is 6.42 Å². The van der Waals surface area contributed by atoms with Crippen LogP contribution in [-0.4, -0.2) is 10.8 Å². The molecule has 1 aromatic heterocycles. The van der Waals surface area contributed by atoms with Crippen LogP contribution in [0.4, 0.5) is 4.39 Å². The number of aromatic amines is 1. The molecule has 0 saturated heterocycles. The van der Waals surface area contributed by atoms with E-state index in [2.05, 4.69) is 4.98 Å². The summed E-state index contributed by atoms with van der Waals surface area (Å²) >= 11 is 0. The van der Waals surface area contributed by atoms with Crippen LogP contribution in [0.1, 0.15) is 12.5 Å². The SMILES string of the molecule is CC(=O)Cc1c[nH]c2ccc(F)cc12. The average molecular weight is 191 g/mol. The van der Waals surface area contributed by atoms with E-state index in [1.54, 1.807) is 12.3 Å². The molecule has 1 aromatic carbocycles. The Balaban J connectivity index is 2.55. The maximum atomic E-state index is 12.9. The summed E-state index contributed by atoms with van der Waals surface area (Å²) in [5, 5.41) is 0.792. The van der Waals surface area contributed by atoms with Crippen LogP contribution in [0.3, 0.4) is 0 Å². The number of benzene rings is 1. The zero-order valence-corrected chi connectivity index (χ0v) is 7.80. The lowest BCUT2D eigenvalue weighted by molar-refractivity contribution is -0.116. The first-order valence-electron chi connectivity index (χ1n) is 4.42. The van der Waals surface area contributed by atoms with Gasteiger partial charge in [0, 0.05) is 23.5 Å². The Morgan fingerprint density at radius 3 is 3.00 bits per heavy atom. The number of hydrogen-bond donors (Lipinski definition) is 1. The van der Waals surface area contributed by atoms with Crippen molar-refractivity contribution >= 4 is 16.7 Å². The number of aromatic nitrogens is 1. The second-order valence-electron chi connectivity index (χ2n) is 3.38. The van der Waals surface area contributed by atoms with Crippen molar-refractivity contribution in [1.82, 2.24) is 4.98 Å². The Morgan fingerprint density at radius 1 is 1.50 bits per heavy atom. The van der Waals surface area contributed by atoms with E-state index in [1.807, 2.05) is 0 Å². The molecule has 0 amide bonds. The van der Waals surface area contributed by atoms with Crippen molar-refractivity contribution in [2.75, 3.05) is 0 Å². The number of carbonyl (C=O) groups is 1. The minimum atomic E-state index is -0.276. The fourth-order valence-corrected chi connectivity index (χ4v) is 1.57. The van der Waals surface area contributed by atoms with Crippen molar-refractivity contribution in [1.29, 1.82) is 0 Å². The van der Waals surface area contributed by atoms with Crippen molar-refractivity contribution in [2.45, 2.75) is 13.3 Å². The first-order chi connectivity index (χ1) is 6.66. The van der Waals surface area contributed by atoms with Gasteiger partial charge in [-0.1, -0.05) is 0 Å². The predicted octanol–water partition coefficient (Wildman–Crippen LogP) is 2.44. The summed E-state index contributed by atoms with van der Waals surface area (Å²) in [6.07, 6.45) is 2.11. The standard InChI is InChI=1S/C11H10FNO/c1-7(14)4-8-6-13-11-3-2-9(12)5-10(8)11/h2-3,5-6,13H,4H2,1H3. The Bertz CT molecular complexity index is 487. The first kappa shape index (κ1) is 8.94. The van der Waals surface area contributed by atoms with Crippen LogP contribution in [0.25, 0.3) is 10.9 Å². The summed E-state index contributed by atoms with van der Waals surface area (Å²) in [7, 11) is 0. The lowest BCUT2D eigenvalue weighted by atomic mass is 10.1. The molecule has 1 heterocycles. The molecule has 72 valence electrons. The molecule has 0 aliphatic heterocycles. The summed E-state index contributed by atoms with van der Waals surface area (Å²) < 4.78 is 12.9. The van der Waals surface area contributed by atoms with Crippen molar-refractivity contribution in [3.05, 3.63) is 35.8 Å². The number of halogens is 1. The third-order valence-electron chi connectivity index (χ3n) is 2.17. The van der Waals surface area contributed by atoms with E-state index < -0.39 is 0 Å². The van der Waals surface area contributed by atoms with Crippen LogP contribution in [0, 0.1) is 5.82 Å². The second kappa shape index (κ2) is 3.25. The monoisotopic (exact) mass is 191 g/mol. The Morgan fingerprint density at radius 2 is 2.29 bits per heavy atom. The maximum absolute atomic E-state index is 12.9. The van der Waals surface area contributed by atoms with Gasteiger partial charge in [-0.3, -0.25) is 4.79 Å². The van der Waals surface area contributed by atoms with E-state index in [4.69, 9.17) is 0 Å². The fourth-order valence-electron chi connectivity index (χ4n) is 1.57. The molecule has 2 rings (SSSR count). The molecule has 0 bridgehead atoms. The van der Waals surface area contributed by atoms with Gasteiger partial charge >= 0.3 is 0 Å². The zero-order valence-electron chi connectivity index (χ0n) is 7.80. The van der Waals surface area contributed by atoms with Gasteiger partial charge in [0.2, 0.25) is 0 Å². The highest BCUT2D eigenvalue weighted by Gasteiger charge is 2.06. The lowest BCUT2D eigenvalue weighted by Gasteiger charge is -1.95. The van der Waals surface area contributed by atoms with Crippen LogP contribution in [0.5, 0.6) is 0 Å². The van der Waals surface area contributed by atoms with E-state index in [1.165, 1.54) is 19.1 Å². The van der Waals surface area contributed by atoms with E-state index in [9.17, 15) is 9.18 Å². The van der Waals surface area contributed by atoms with E-state index in [0.717, 1.165) is 16.5 Å². The third-order valence-corrected chi connectivity index (χ3v) is 2.17. The van der Waals surface area contributed by atoms with E-state index in [-0.39, 0.29) is 11.6 Å². The van der Waals surface area contributed by atoms with Gasteiger partial charge in [0.15, 0.2) is 0 Å². The minimum absolute atomic E-state index is 0.0789. The minimum Gasteiger partial charge on any atom is -0.361 e. The van der Waals surface area contributed by atoms with E-state index >= 15 is 0 Å². The van der Waals surface area contributed by atoms with Crippen molar-refractivity contribution in [2.24, 2.45) is 0 Å². The second-order valence-corrected chi connectivity index (χ2v) is 3.38. The van der Waals surface area contributed by atoms with Crippen molar-refractivity contribution < 1.29 is 9.18 Å². The lowest BCUT2D eigenvalue weighted by Crippen LogP contribution is -1.94. The smallest absolute Gasteiger partial charge is 0.134 e. The average Bonchev–Trinajstić information content (AvgIpc) is 2.47. The summed E-state index contributed by atoms with van der Waals surface area (Å²) in [4.78, 5) is 13.9. The molecule has 0 saturated carbocycles. The molecular weight excluding hydrogens is 181 g/mol. The third kappa shape index (κ3) is 1.53. The zero-order chi connectivity index (χ0) is 10.1. The molecule has 0 fully saturated rings. The van der Waals surface area contributed by atoms with Gasteiger partial charge in [0.05, 0.1) is 0 Å². The molecule has 0 aliphatic carbocycles. The molecule has 0 radical (unpaired) electrons. The number of Topliss-reactive ketones (excluding diaryl/α,β-unsaturated/α-hetero) is 1. The van der Waals surface area contributed by atoms with Crippen LogP contribution in [0.15, 0.2) is 24.4 Å². The normalized spacial score (nSPS) is 10.7. The molecule has 1 N–H and O–H groups in total. The number of hydrogen-bond acceptors (Lipinski definition) is 1. The molecular formula is C11H10FNO. The van der Waals surface area contributed by atoms with Crippen molar-refractivity contribution in [3.8, 4) is 0 Å². The molecule has 0 spiro atoms. The highest BCUT2D eigenvalue weighted by atomic mass is 19.1. The molecule has 2 nitrogen and oxygen atoms in total. The van der Waals surface area contributed by atoms with Gasteiger partial charge in [0.25, 0.3) is 0 Å². The van der Waals surface area contributed by atoms with Crippen LogP contribution in [-0.2, 0) is 11.2 Å². The van der Waals surface area contributed by atoms with Crippen LogP contribution in [0.2, 0.25) is 0 Å². The van der Waals surface area contributed by atoms with Crippen LogP contribution < -0.4 is 0 Å². The Labute approximate surface area is 80.7 Å².